The molecule has 4 nitrogen and oxygen atoms in total. The summed E-state index contributed by atoms with van der Waals surface area (Å²) in [6.45, 7) is 3.82. The van der Waals surface area contributed by atoms with Gasteiger partial charge in [0.15, 0.2) is 0 Å². The smallest absolute Gasteiger partial charge is 0.251 e. The summed E-state index contributed by atoms with van der Waals surface area (Å²) in [5.74, 6) is -0.800. The summed E-state index contributed by atoms with van der Waals surface area (Å²) in [6.07, 6.45) is 0. The first kappa shape index (κ1) is 15.6. The van der Waals surface area contributed by atoms with Crippen molar-refractivity contribution in [3.05, 3.63) is 35.1 Å². The molecule has 5 heteroatoms. The van der Waals surface area contributed by atoms with Crippen molar-refractivity contribution in [1.82, 2.24) is 10.2 Å². The van der Waals surface area contributed by atoms with Crippen molar-refractivity contribution in [3.8, 4) is 0 Å². The molecule has 106 valence electrons. The highest BCUT2D eigenvalue weighted by atomic mass is 19.1. The van der Waals surface area contributed by atoms with Gasteiger partial charge in [-0.3, -0.25) is 4.79 Å². The Hall–Kier alpha value is -1.46. The third kappa shape index (κ3) is 4.96. The molecular weight excluding hydrogens is 247 g/mol. The standard InChI is InChI=1S/C14H21FN2O2/c1-10-5-6-11(7-12(10)15)13(18)16-8-14(2,19)9-17(3)4/h5-7,19H,8-9H2,1-4H3,(H,16,18). The highest BCUT2D eigenvalue weighted by molar-refractivity contribution is 5.94. The van der Waals surface area contributed by atoms with Crippen LogP contribution in [0.15, 0.2) is 18.2 Å². The van der Waals surface area contributed by atoms with Gasteiger partial charge in [0, 0.05) is 18.7 Å². The normalized spacial score (nSPS) is 14.3. The Morgan fingerprint density at radius 1 is 1.47 bits per heavy atom. The summed E-state index contributed by atoms with van der Waals surface area (Å²) in [6, 6.07) is 4.32. The Morgan fingerprint density at radius 3 is 2.63 bits per heavy atom. The number of carbonyl (C=O) groups excluding carboxylic acids is 1. The van der Waals surface area contributed by atoms with Crippen LogP contribution >= 0.6 is 0 Å². The summed E-state index contributed by atoms with van der Waals surface area (Å²) in [4.78, 5) is 13.7. The van der Waals surface area contributed by atoms with E-state index in [-0.39, 0.29) is 12.1 Å². The van der Waals surface area contributed by atoms with Crippen LogP contribution in [0.5, 0.6) is 0 Å². The molecule has 0 radical (unpaired) electrons. The number of hydrogen-bond acceptors (Lipinski definition) is 3. The molecule has 1 aromatic rings. The van der Waals surface area contributed by atoms with E-state index in [1.54, 1.807) is 26.0 Å². The minimum Gasteiger partial charge on any atom is -0.387 e. The van der Waals surface area contributed by atoms with Crippen LogP contribution in [0, 0.1) is 12.7 Å². The molecule has 0 heterocycles. The number of nitrogens with zero attached hydrogens (tertiary/aromatic N) is 1. The van der Waals surface area contributed by atoms with Crippen LogP contribution in [0.4, 0.5) is 4.39 Å². The van der Waals surface area contributed by atoms with Gasteiger partial charge in [-0.2, -0.15) is 0 Å². The molecule has 1 rings (SSSR count). The van der Waals surface area contributed by atoms with Gasteiger partial charge in [0.25, 0.3) is 5.91 Å². The van der Waals surface area contributed by atoms with Crippen LogP contribution in [-0.2, 0) is 0 Å². The predicted octanol–water partition coefficient (Wildman–Crippen LogP) is 1.18. The van der Waals surface area contributed by atoms with Crippen molar-refractivity contribution in [3.63, 3.8) is 0 Å². The molecule has 0 aromatic heterocycles. The molecule has 0 bridgehead atoms. The fourth-order valence-electron chi connectivity index (χ4n) is 1.84. The van der Waals surface area contributed by atoms with Crippen molar-refractivity contribution in [2.24, 2.45) is 0 Å². The van der Waals surface area contributed by atoms with Crippen molar-refractivity contribution < 1.29 is 14.3 Å². The summed E-state index contributed by atoms with van der Waals surface area (Å²) in [7, 11) is 3.68. The van der Waals surface area contributed by atoms with Crippen LogP contribution in [-0.4, -0.2) is 48.7 Å². The molecular formula is C14H21FN2O2. The van der Waals surface area contributed by atoms with Crippen LogP contribution in [0.25, 0.3) is 0 Å². The van der Waals surface area contributed by atoms with E-state index in [4.69, 9.17) is 0 Å². The second-order valence-electron chi connectivity index (χ2n) is 5.38. The number of nitrogens with one attached hydrogen (secondary N) is 1. The molecule has 19 heavy (non-hydrogen) atoms. The number of rotatable bonds is 5. The Morgan fingerprint density at radius 2 is 2.11 bits per heavy atom. The zero-order chi connectivity index (χ0) is 14.6. The van der Waals surface area contributed by atoms with Gasteiger partial charge in [0.1, 0.15) is 5.82 Å². The fourth-order valence-corrected chi connectivity index (χ4v) is 1.84. The number of likely N-dealkylation sites (N-methyl/N-ethyl adjacent to an activating group) is 1. The molecule has 1 amide bonds. The van der Waals surface area contributed by atoms with Crippen molar-refractivity contribution in [1.29, 1.82) is 0 Å². The maximum absolute atomic E-state index is 13.3. The van der Waals surface area contributed by atoms with Crippen molar-refractivity contribution in [2.45, 2.75) is 19.4 Å². The van der Waals surface area contributed by atoms with E-state index < -0.39 is 17.3 Å². The number of carbonyl (C=O) groups is 1. The lowest BCUT2D eigenvalue weighted by Gasteiger charge is -2.27. The third-order valence-electron chi connectivity index (χ3n) is 2.72. The zero-order valence-electron chi connectivity index (χ0n) is 11.8. The first-order valence-electron chi connectivity index (χ1n) is 6.13. The minimum atomic E-state index is -1.03. The monoisotopic (exact) mass is 268 g/mol. The van der Waals surface area contributed by atoms with E-state index in [9.17, 15) is 14.3 Å². The van der Waals surface area contributed by atoms with E-state index >= 15 is 0 Å². The average Bonchev–Trinajstić information content (AvgIpc) is 2.28. The summed E-state index contributed by atoms with van der Waals surface area (Å²) >= 11 is 0. The van der Waals surface area contributed by atoms with Gasteiger partial charge < -0.3 is 15.3 Å². The molecule has 0 saturated carbocycles. The Bertz CT molecular complexity index is 459. The van der Waals surface area contributed by atoms with Gasteiger partial charge in [-0.1, -0.05) is 6.07 Å². The zero-order valence-corrected chi connectivity index (χ0v) is 11.8. The highest BCUT2D eigenvalue weighted by Crippen LogP contribution is 2.09. The number of aryl methyl sites for hydroxylation is 1. The lowest BCUT2D eigenvalue weighted by atomic mass is 10.1. The quantitative estimate of drug-likeness (QED) is 0.843. The Balaban J connectivity index is 2.62. The topological polar surface area (TPSA) is 52.6 Å². The first-order chi connectivity index (χ1) is 8.71. The van der Waals surface area contributed by atoms with Gasteiger partial charge in [-0.15, -0.1) is 0 Å². The molecule has 0 fully saturated rings. The second kappa shape index (κ2) is 6.12. The maximum atomic E-state index is 13.3. The number of aliphatic hydroxyl groups is 1. The van der Waals surface area contributed by atoms with E-state index in [1.807, 2.05) is 19.0 Å². The second-order valence-corrected chi connectivity index (χ2v) is 5.38. The molecule has 1 aromatic carbocycles. The van der Waals surface area contributed by atoms with Crippen molar-refractivity contribution >= 4 is 5.91 Å². The third-order valence-corrected chi connectivity index (χ3v) is 2.72. The molecule has 0 aliphatic heterocycles. The van der Waals surface area contributed by atoms with Gasteiger partial charge in [-0.05, 0) is 45.6 Å². The minimum absolute atomic E-state index is 0.111. The van der Waals surface area contributed by atoms with Crippen LogP contribution in [0.3, 0.4) is 0 Å². The predicted molar refractivity (Wildman–Crippen MR) is 72.6 cm³/mol. The molecule has 2 N–H and O–H groups in total. The summed E-state index contributed by atoms with van der Waals surface area (Å²) in [5, 5.41) is 12.7. The van der Waals surface area contributed by atoms with E-state index in [1.165, 1.54) is 6.07 Å². The lowest BCUT2D eigenvalue weighted by molar-refractivity contribution is 0.0326. The molecule has 0 aliphatic carbocycles. The number of halogens is 1. The van der Waals surface area contributed by atoms with Crippen LogP contribution in [0.2, 0.25) is 0 Å². The molecule has 0 spiro atoms. The lowest BCUT2D eigenvalue weighted by Crippen LogP contribution is -2.47. The van der Waals surface area contributed by atoms with Gasteiger partial charge >= 0.3 is 0 Å². The molecule has 0 saturated heterocycles. The van der Waals surface area contributed by atoms with Crippen LogP contribution in [0.1, 0.15) is 22.8 Å². The van der Waals surface area contributed by atoms with E-state index in [2.05, 4.69) is 5.32 Å². The average molecular weight is 268 g/mol. The van der Waals surface area contributed by atoms with Crippen molar-refractivity contribution in [2.75, 3.05) is 27.2 Å². The van der Waals surface area contributed by atoms with Crippen LogP contribution < -0.4 is 5.32 Å². The Labute approximate surface area is 113 Å². The number of amides is 1. The fraction of sp³-hybridized carbons (Fsp3) is 0.500. The number of hydrogen-bond donors (Lipinski definition) is 2. The molecule has 0 aliphatic rings. The van der Waals surface area contributed by atoms with E-state index in [0.717, 1.165) is 0 Å². The maximum Gasteiger partial charge on any atom is 0.251 e. The number of benzene rings is 1. The SMILES string of the molecule is Cc1ccc(C(=O)NCC(C)(O)CN(C)C)cc1F. The van der Waals surface area contributed by atoms with Gasteiger partial charge in [-0.25, -0.2) is 4.39 Å². The molecule has 1 atom stereocenters. The Kier molecular flexibility index (Phi) is 5.03. The van der Waals surface area contributed by atoms with Gasteiger partial charge in [0.2, 0.25) is 0 Å². The summed E-state index contributed by atoms with van der Waals surface area (Å²) in [5.41, 5.74) is -0.275. The van der Waals surface area contributed by atoms with Gasteiger partial charge in [0.05, 0.1) is 5.60 Å². The molecule has 1 unspecified atom stereocenters. The largest absolute Gasteiger partial charge is 0.387 e. The first-order valence-corrected chi connectivity index (χ1v) is 6.13. The highest BCUT2D eigenvalue weighted by Gasteiger charge is 2.22. The summed E-state index contributed by atoms with van der Waals surface area (Å²) < 4.78 is 13.3. The van der Waals surface area contributed by atoms with E-state index in [0.29, 0.717) is 12.1 Å².